The Morgan fingerprint density at radius 1 is 1.12 bits per heavy atom. The Bertz CT molecular complexity index is 154. The van der Waals surface area contributed by atoms with E-state index in [2.05, 4.69) is 5.32 Å². The zero-order chi connectivity index (χ0) is 12.3. The molecule has 0 atom stereocenters. The summed E-state index contributed by atoms with van der Waals surface area (Å²) in [6.45, 7) is 6.22. The number of rotatable bonds is 11. The second-order valence-electron chi connectivity index (χ2n) is 3.33. The third-order valence-corrected chi connectivity index (χ3v) is 5.12. The van der Waals surface area contributed by atoms with Crippen molar-refractivity contribution in [1.82, 2.24) is 5.32 Å². The van der Waals surface area contributed by atoms with Gasteiger partial charge in [-0.05, 0) is 33.9 Å². The molecule has 0 unspecified atom stereocenters. The molecule has 0 aromatic carbocycles. The fourth-order valence-electron chi connectivity index (χ4n) is 1.46. The van der Waals surface area contributed by atoms with Crippen molar-refractivity contribution in [3.63, 3.8) is 0 Å². The molecule has 0 rings (SSSR count). The predicted octanol–water partition coefficient (Wildman–Crippen LogP) is 0.617. The van der Waals surface area contributed by atoms with Crippen LogP contribution in [0.1, 0.15) is 20.3 Å². The predicted molar refractivity (Wildman–Crippen MR) is 65.4 cm³/mol. The Morgan fingerprint density at radius 2 is 1.75 bits per heavy atom. The van der Waals surface area contributed by atoms with Crippen LogP contribution in [0.3, 0.4) is 0 Å². The van der Waals surface area contributed by atoms with Crippen LogP contribution in [-0.2, 0) is 13.3 Å². The summed E-state index contributed by atoms with van der Waals surface area (Å²) < 4.78 is 17.0. The van der Waals surface area contributed by atoms with Gasteiger partial charge in [-0.3, -0.25) is 0 Å². The first kappa shape index (κ1) is 16.0. The second kappa shape index (κ2) is 10.2. The van der Waals surface area contributed by atoms with E-state index in [1.54, 1.807) is 0 Å². The quantitative estimate of drug-likeness (QED) is 0.416. The highest BCUT2D eigenvalue weighted by Crippen LogP contribution is 2.17. The number of hydrogen-bond acceptors (Lipinski definition) is 5. The zero-order valence-corrected chi connectivity index (χ0v) is 11.6. The van der Waals surface area contributed by atoms with E-state index >= 15 is 0 Å². The molecule has 0 radical (unpaired) electrons. The van der Waals surface area contributed by atoms with E-state index in [-0.39, 0.29) is 13.2 Å². The van der Waals surface area contributed by atoms with Crippen LogP contribution < -0.4 is 5.32 Å². The van der Waals surface area contributed by atoms with Gasteiger partial charge in [-0.2, -0.15) is 0 Å². The molecule has 0 saturated heterocycles. The fourth-order valence-corrected chi connectivity index (χ4v) is 4.04. The summed E-state index contributed by atoms with van der Waals surface area (Å²) in [5.41, 5.74) is 0. The van der Waals surface area contributed by atoms with Gasteiger partial charge in [0.1, 0.15) is 0 Å². The molecule has 0 aliphatic rings. The minimum atomic E-state index is -2.55. The summed E-state index contributed by atoms with van der Waals surface area (Å²) in [5.74, 6) is 0. The van der Waals surface area contributed by atoms with Crippen LogP contribution in [0.25, 0.3) is 0 Å². The Balaban J connectivity index is 4.24. The van der Waals surface area contributed by atoms with Gasteiger partial charge in [0.25, 0.3) is 0 Å². The lowest BCUT2D eigenvalue weighted by atomic mass is 10.5. The van der Waals surface area contributed by atoms with E-state index in [0.717, 1.165) is 19.0 Å². The maximum absolute atomic E-state index is 8.81. The number of aliphatic hydroxyl groups excluding tert-OH is 1. The zero-order valence-electron chi connectivity index (χ0n) is 10.6. The minimum absolute atomic E-state index is 0.000919. The molecule has 0 aromatic heterocycles. The van der Waals surface area contributed by atoms with Gasteiger partial charge in [0.05, 0.1) is 13.2 Å². The molecule has 0 aliphatic heterocycles. The van der Waals surface area contributed by atoms with Crippen molar-refractivity contribution in [1.29, 1.82) is 0 Å². The van der Waals surface area contributed by atoms with E-state index in [0.29, 0.717) is 13.2 Å². The average molecular weight is 251 g/mol. The van der Waals surface area contributed by atoms with E-state index in [9.17, 15) is 0 Å². The van der Waals surface area contributed by atoms with Crippen molar-refractivity contribution in [2.45, 2.75) is 26.3 Å². The van der Waals surface area contributed by atoms with Crippen molar-refractivity contribution >= 4 is 8.80 Å². The molecule has 0 amide bonds. The largest absolute Gasteiger partial charge is 0.501 e. The van der Waals surface area contributed by atoms with Crippen molar-refractivity contribution in [3.8, 4) is 0 Å². The van der Waals surface area contributed by atoms with Crippen LogP contribution in [0.4, 0.5) is 0 Å². The lowest BCUT2D eigenvalue weighted by Crippen LogP contribution is -2.46. The third-order valence-electron chi connectivity index (χ3n) is 2.05. The Hall–Kier alpha value is 0.0169. The Kier molecular flexibility index (Phi) is 10.2. The molecule has 6 heteroatoms. The third kappa shape index (κ3) is 6.57. The van der Waals surface area contributed by atoms with Gasteiger partial charge in [-0.15, -0.1) is 0 Å². The minimum Gasteiger partial charge on any atom is -0.394 e. The highest BCUT2D eigenvalue weighted by atomic mass is 28.4. The number of aliphatic hydroxyl groups is 1. The van der Waals surface area contributed by atoms with Crippen LogP contribution >= 0.6 is 0 Å². The van der Waals surface area contributed by atoms with Crippen molar-refractivity contribution in [3.05, 3.63) is 0 Å². The standard InChI is InChI=1S/C10H25NO4Si/c1-4-13-16(14-5-2,15-9-8-12)10-6-7-11-3/h11-12H,4-10H2,1-3H3. The summed E-state index contributed by atoms with van der Waals surface area (Å²) in [7, 11) is -0.638. The van der Waals surface area contributed by atoms with Crippen LogP contribution in [0.2, 0.25) is 6.04 Å². The number of hydrogen-bond donors (Lipinski definition) is 2. The van der Waals surface area contributed by atoms with E-state index < -0.39 is 8.80 Å². The first-order valence-corrected chi connectivity index (χ1v) is 7.85. The molecule has 0 aromatic rings. The summed E-state index contributed by atoms with van der Waals surface area (Å²) in [6, 6.07) is 0.787. The molecule has 2 N–H and O–H groups in total. The van der Waals surface area contributed by atoms with E-state index in [1.165, 1.54) is 0 Å². The molecule has 0 fully saturated rings. The van der Waals surface area contributed by atoms with Crippen molar-refractivity contribution in [2.24, 2.45) is 0 Å². The molecule has 0 heterocycles. The van der Waals surface area contributed by atoms with Gasteiger partial charge in [-0.25, -0.2) is 0 Å². The second-order valence-corrected chi connectivity index (χ2v) is 6.06. The molecule has 5 nitrogen and oxygen atoms in total. The molecule has 16 heavy (non-hydrogen) atoms. The van der Waals surface area contributed by atoms with Crippen LogP contribution in [0.15, 0.2) is 0 Å². The normalized spacial score (nSPS) is 12.0. The fraction of sp³-hybridized carbons (Fsp3) is 1.00. The van der Waals surface area contributed by atoms with Gasteiger partial charge in [-0.1, -0.05) is 0 Å². The molecular weight excluding hydrogens is 226 g/mol. The van der Waals surface area contributed by atoms with Gasteiger partial charge < -0.3 is 23.7 Å². The smallest absolute Gasteiger partial charge is 0.394 e. The Morgan fingerprint density at radius 3 is 2.19 bits per heavy atom. The SMILES string of the molecule is CCO[Si](CCCNC)(OCC)OCCO. The van der Waals surface area contributed by atoms with Gasteiger partial charge in [0.2, 0.25) is 0 Å². The maximum atomic E-state index is 8.81. The monoisotopic (exact) mass is 251 g/mol. The lowest BCUT2D eigenvalue weighted by Gasteiger charge is -2.28. The molecular formula is C10H25NO4Si. The molecule has 0 bridgehead atoms. The molecule has 0 saturated carbocycles. The van der Waals surface area contributed by atoms with E-state index in [1.807, 2.05) is 20.9 Å². The molecule has 0 spiro atoms. The summed E-state index contributed by atoms with van der Waals surface area (Å²) in [5, 5.41) is 11.9. The highest BCUT2D eigenvalue weighted by molar-refractivity contribution is 6.60. The topological polar surface area (TPSA) is 60.0 Å². The van der Waals surface area contributed by atoms with Crippen LogP contribution in [0.5, 0.6) is 0 Å². The summed E-state index contributed by atoms with van der Waals surface area (Å²) >= 11 is 0. The van der Waals surface area contributed by atoms with Crippen molar-refractivity contribution in [2.75, 3.05) is 40.0 Å². The average Bonchev–Trinajstić information content (AvgIpc) is 2.27. The molecule has 0 aliphatic carbocycles. The highest BCUT2D eigenvalue weighted by Gasteiger charge is 2.39. The summed E-state index contributed by atoms with van der Waals surface area (Å²) in [6.07, 6.45) is 0.953. The number of nitrogens with one attached hydrogen (secondary N) is 1. The summed E-state index contributed by atoms with van der Waals surface area (Å²) in [4.78, 5) is 0. The van der Waals surface area contributed by atoms with Crippen LogP contribution in [-0.4, -0.2) is 53.9 Å². The first-order valence-electron chi connectivity index (χ1n) is 5.92. The first-order chi connectivity index (χ1) is 7.74. The van der Waals surface area contributed by atoms with Gasteiger partial charge in [0.15, 0.2) is 0 Å². The van der Waals surface area contributed by atoms with E-state index in [4.69, 9.17) is 18.4 Å². The Labute approximate surface area is 99.5 Å². The van der Waals surface area contributed by atoms with Gasteiger partial charge in [0, 0.05) is 19.3 Å². The molecule has 98 valence electrons. The van der Waals surface area contributed by atoms with Crippen LogP contribution in [0, 0.1) is 0 Å². The lowest BCUT2D eigenvalue weighted by molar-refractivity contribution is 0.0530. The van der Waals surface area contributed by atoms with Gasteiger partial charge >= 0.3 is 8.80 Å². The maximum Gasteiger partial charge on any atom is 0.501 e. The van der Waals surface area contributed by atoms with Crippen molar-refractivity contribution < 1.29 is 18.4 Å².